The van der Waals surface area contributed by atoms with Gasteiger partial charge < -0.3 is 9.84 Å². The van der Waals surface area contributed by atoms with Crippen LogP contribution in [-0.2, 0) is 0 Å². The Morgan fingerprint density at radius 3 is 2.67 bits per heavy atom. The van der Waals surface area contributed by atoms with Gasteiger partial charge in [0.2, 0.25) is 5.78 Å². The number of carbonyl (C=O) groups is 1. The molecule has 122 valence electrons. The first-order valence-electron chi connectivity index (χ1n) is 7.01. The summed E-state index contributed by atoms with van der Waals surface area (Å²) < 4.78 is 5.59. The highest BCUT2D eigenvalue weighted by molar-refractivity contribution is 6.33. The van der Waals surface area contributed by atoms with Crippen molar-refractivity contribution < 1.29 is 19.6 Å². The van der Waals surface area contributed by atoms with Crippen molar-refractivity contribution in [2.24, 2.45) is 0 Å². The van der Waals surface area contributed by atoms with Crippen LogP contribution in [0.1, 0.15) is 27.0 Å². The summed E-state index contributed by atoms with van der Waals surface area (Å²) in [5.74, 6) is -0.309. The molecule has 1 N–H and O–H groups in total. The second-order valence-electron chi connectivity index (χ2n) is 5.45. The normalized spacial score (nSPS) is 14.6. The van der Waals surface area contributed by atoms with E-state index >= 15 is 0 Å². The lowest BCUT2D eigenvalue weighted by Gasteiger charge is -2.05. The predicted molar refractivity (Wildman–Crippen MR) is 88.6 cm³/mol. The summed E-state index contributed by atoms with van der Waals surface area (Å²) in [4.78, 5) is 22.7. The molecule has 0 fully saturated rings. The van der Waals surface area contributed by atoms with Crippen molar-refractivity contribution in [2.75, 3.05) is 0 Å². The molecule has 0 atom stereocenters. The number of hydrogen-bond donors (Lipinski definition) is 1. The zero-order chi connectivity index (χ0) is 17.6. The Bertz CT molecular complexity index is 933. The summed E-state index contributed by atoms with van der Waals surface area (Å²) in [6.07, 6.45) is 1.40. The van der Waals surface area contributed by atoms with Crippen molar-refractivity contribution in [2.45, 2.75) is 13.8 Å². The number of phenolic OH excluding ortho intramolecular Hbond substituents is 1. The molecule has 0 unspecified atom stereocenters. The number of Topliss-reactive ketones (excluding diaryl/α,β-unsaturated/α-hetero) is 1. The maximum atomic E-state index is 12.5. The topological polar surface area (TPSA) is 89.7 Å². The fraction of sp³-hybridized carbons (Fsp3) is 0.118. The van der Waals surface area contributed by atoms with Crippen LogP contribution in [0.3, 0.4) is 0 Å². The highest BCUT2D eigenvalue weighted by Crippen LogP contribution is 2.39. The fourth-order valence-electron chi connectivity index (χ4n) is 2.60. The van der Waals surface area contributed by atoms with E-state index in [4.69, 9.17) is 16.3 Å². The number of hydrogen-bond acceptors (Lipinski definition) is 5. The third-order valence-electron chi connectivity index (χ3n) is 3.81. The van der Waals surface area contributed by atoms with Crippen LogP contribution in [0.2, 0.25) is 5.02 Å². The van der Waals surface area contributed by atoms with E-state index in [2.05, 4.69) is 0 Å². The Morgan fingerprint density at radius 2 is 2.00 bits per heavy atom. The number of ether oxygens (including phenoxy) is 1. The molecule has 0 amide bonds. The Kier molecular flexibility index (Phi) is 3.77. The van der Waals surface area contributed by atoms with Gasteiger partial charge in [-0.3, -0.25) is 14.9 Å². The van der Waals surface area contributed by atoms with Crippen LogP contribution in [-0.4, -0.2) is 15.8 Å². The van der Waals surface area contributed by atoms with Gasteiger partial charge in [-0.05, 0) is 48.7 Å². The molecule has 2 aromatic rings. The van der Waals surface area contributed by atoms with Gasteiger partial charge >= 0.3 is 5.69 Å². The van der Waals surface area contributed by atoms with Crippen molar-refractivity contribution in [3.8, 4) is 11.5 Å². The van der Waals surface area contributed by atoms with Crippen LogP contribution in [0.25, 0.3) is 6.08 Å². The third kappa shape index (κ3) is 2.51. The number of halogens is 1. The summed E-state index contributed by atoms with van der Waals surface area (Å²) in [6, 6.07) is 5.51. The quantitative estimate of drug-likeness (QED) is 0.501. The maximum Gasteiger partial charge on any atom is 0.311 e. The van der Waals surface area contributed by atoms with Gasteiger partial charge in [-0.25, -0.2) is 0 Å². The van der Waals surface area contributed by atoms with Crippen molar-refractivity contribution in [1.29, 1.82) is 0 Å². The molecule has 0 aliphatic carbocycles. The van der Waals surface area contributed by atoms with Gasteiger partial charge in [-0.2, -0.15) is 0 Å². The molecule has 0 spiro atoms. The lowest BCUT2D eigenvalue weighted by atomic mass is 10.0. The predicted octanol–water partition coefficient (Wildman–Crippen LogP) is 4.19. The van der Waals surface area contributed by atoms with Crippen molar-refractivity contribution >= 4 is 29.1 Å². The average Bonchev–Trinajstić information content (AvgIpc) is 2.82. The Labute approximate surface area is 142 Å². The number of fused-ring (bicyclic) bond motifs is 1. The van der Waals surface area contributed by atoms with Crippen LogP contribution in [0.15, 0.2) is 30.0 Å². The zero-order valence-corrected chi connectivity index (χ0v) is 13.5. The first kappa shape index (κ1) is 16.0. The van der Waals surface area contributed by atoms with E-state index in [0.717, 1.165) is 5.56 Å². The smallest absolute Gasteiger partial charge is 0.311 e. The Morgan fingerprint density at radius 1 is 1.29 bits per heavy atom. The van der Waals surface area contributed by atoms with Gasteiger partial charge in [-0.15, -0.1) is 0 Å². The number of ketones is 1. The Hall–Kier alpha value is -2.86. The first-order chi connectivity index (χ1) is 11.3. The number of carbonyl (C=O) groups excluding carboxylic acids is 1. The number of nitrogens with zero attached hydrogens (tertiary/aromatic N) is 1. The summed E-state index contributed by atoms with van der Waals surface area (Å²) in [6.45, 7) is 3.55. The standard InChI is InChI=1S/C17H12ClNO5/c1-8-5-13-15(9(2)16(8)18)17(21)14(24-13)7-10-3-4-12(20)11(6-10)19(22)23/h3-7,20H,1-2H3. The number of nitro groups is 1. The lowest BCUT2D eigenvalue weighted by molar-refractivity contribution is -0.385. The number of phenols is 1. The van der Waals surface area contributed by atoms with Crippen molar-refractivity contribution in [1.82, 2.24) is 0 Å². The second kappa shape index (κ2) is 5.65. The van der Waals surface area contributed by atoms with E-state index in [9.17, 15) is 20.0 Å². The molecule has 2 aromatic carbocycles. The van der Waals surface area contributed by atoms with Crippen molar-refractivity contribution in [3.05, 3.63) is 67.4 Å². The fourth-order valence-corrected chi connectivity index (χ4v) is 2.75. The number of aromatic hydroxyl groups is 1. The summed E-state index contributed by atoms with van der Waals surface area (Å²) in [5.41, 5.74) is 1.75. The number of benzene rings is 2. The molecule has 24 heavy (non-hydrogen) atoms. The van der Waals surface area contributed by atoms with E-state index < -0.39 is 16.4 Å². The van der Waals surface area contributed by atoms with E-state index in [1.807, 2.05) is 6.92 Å². The minimum absolute atomic E-state index is 0.0507. The van der Waals surface area contributed by atoms with Gasteiger partial charge in [0.15, 0.2) is 11.5 Å². The van der Waals surface area contributed by atoms with Crippen LogP contribution in [0.4, 0.5) is 5.69 Å². The van der Waals surface area contributed by atoms with E-state index in [0.29, 0.717) is 27.5 Å². The first-order valence-corrected chi connectivity index (χ1v) is 7.38. The second-order valence-corrected chi connectivity index (χ2v) is 5.83. The molecule has 0 saturated carbocycles. The van der Waals surface area contributed by atoms with Crippen LogP contribution in [0, 0.1) is 24.0 Å². The molecular weight excluding hydrogens is 334 g/mol. The van der Waals surface area contributed by atoms with Gasteiger partial charge in [-0.1, -0.05) is 17.7 Å². The van der Waals surface area contributed by atoms with Crippen LogP contribution < -0.4 is 4.74 Å². The van der Waals surface area contributed by atoms with Gasteiger partial charge in [0.25, 0.3) is 0 Å². The number of aryl methyl sites for hydroxylation is 1. The third-order valence-corrected chi connectivity index (χ3v) is 4.39. The molecule has 0 bridgehead atoms. The molecule has 0 saturated heterocycles. The summed E-state index contributed by atoms with van der Waals surface area (Å²) in [5, 5.41) is 20.9. The monoisotopic (exact) mass is 345 g/mol. The molecule has 0 aromatic heterocycles. The molecule has 3 rings (SSSR count). The molecule has 7 heteroatoms. The molecular formula is C17H12ClNO5. The molecule has 1 aliphatic heterocycles. The minimum atomic E-state index is -0.698. The zero-order valence-electron chi connectivity index (χ0n) is 12.8. The summed E-state index contributed by atoms with van der Waals surface area (Å²) >= 11 is 6.18. The average molecular weight is 346 g/mol. The van der Waals surface area contributed by atoms with Gasteiger partial charge in [0.1, 0.15) is 5.75 Å². The van der Waals surface area contributed by atoms with E-state index in [1.165, 1.54) is 24.3 Å². The highest BCUT2D eigenvalue weighted by Gasteiger charge is 2.31. The number of allylic oxidation sites excluding steroid dienone is 1. The highest BCUT2D eigenvalue weighted by atomic mass is 35.5. The summed E-state index contributed by atoms with van der Waals surface area (Å²) in [7, 11) is 0. The molecule has 1 aliphatic rings. The molecule has 1 heterocycles. The molecule has 0 radical (unpaired) electrons. The van der Waals surface area contributed by atoms with Crippen LogP contribution >= 0.6 is 11.6 Å². The maximum absolute atomic E-state index is 12.5. The SMILES string of the molecule is Cc1cc2c(c(C)c1Cl)C(=O)C(=Cc1ccc(O)c([N+](=O)[O-])c1)O2. The van der Waals surface area contributed by atoms with Gasteiger partial charge in [0, 0.05) is 11.1 Å². The largest absolute Gasteiger partial charge is 0.502 e. The number of nitro benzene ring substituents is 1. The van der Waals surface area contributed by atoms with Crippen molar-refractivity contribution in [3.63, 3.8) is 0 Å². The minimum Gasteiger partial charge on any atom is -0.502 e. The molecule has 6 nitrogen and oxygen atoms in total. The number of rotatable bonds is 2. The van der Waals surface area contributed by atoms with Gasteiger partial charge in [0.05, 0.1) is 10.5 Å². The van der Waals surface area contributed by atoms with E-state index in [-0.39, 0.29) is 11.5 Å². The van der Waals surface area contributed by atoms with E-state index in [1.54, 1.807) is 13.0 Å². The Balaban J connectivity index is 2.05. The lowest BCUT2D eigenvalue weighted by Crippen LogP contribution is -2.00. The van der Waals surface area contributed by atoms with Crippen LogP contribution in [0.5, 0.6) is 11.5 Å².